The van der Waals surface area contributed by atoms with E-state index in [2.05, 4.69) is 0 Å². The lowest BCUT2D eigenvalue weighted by atomic mass is 10.1. The molecule has 0 fully saturated rings. The van der Waals surface area contributed by atoms with E-state index in [1.165, 1.54) is 12.1 Å². The van der Waals surface area contributed by atoms with Crippen LogP contribution in [0.1, 0.15) is 17.3 Å². The van der Waals surface area contributed by atoms with Crippen molar-refractivity contribution in [2.75, 3.05) is 24.3 Å². The Bertz CT molecular complexity index is 658. The van der Waals surface area contributed by atoms with E-state index in [0.29, 0.717) is 29.2 Å². The average Bonchev–Trinajstić information content (AvgIpc) is 2.46. The van der Waals surface area contributed by atoms with Gasteiger partial charge in [0.05, 0.1) is 23.5 Å². The second-order valence-electron chi connectivity index (χ2n) is 4.53. The SMILES string of the molecule is CCOC(=O)c1ccc(N(C)c2cccc(F)c2)c(N)c1. The number of benzene rings is 2. The van der Waals surface area contributed by atoms with E-state index in [1.54, 1.807) is 49.2 Å². The van der Waals surface area contributed by atoms with Crippen molar-refractivity contribution in [2.24, 2.45) is 0 Å². The summed E-state index contributed by atoms with van der Waals surface area (Å²) < 4.78 is 18.2. The Morgan fingerprint density at radius 3 is 2.67 bits per heavy atom. The van der Waals surface area contributed by atoms with Gasteiger partial charge in [-0.1, -0.05) is 6.07 Å². The van der Waals surface area contributed by atoms with E-state index < -0.39 is 5.97 Å². The Labute approximate surface area is 122 Å². The number of nitrogens with two attached hydrogens (primary N) is 1. The maximum Gasteiger partial charge on any atom is 0.338 e. The molecule has 0 spiro atoms. The highest BCUT2D eigenvalue weighted by atomic mass is 19.1. The Morgan fingerprint density at radius 2 is 2.05 bits per heavy atom. The van der Waals surface area contributed by atoms with E-state index in [0.717, 1.165) is 0 Å². The van der Waals surface area contributed by atoms with Gasteiger partial charge in [-0.25, -0.2) is 9.18 Å². The Morgan fingerprint density at radius 1 is 1.29 bits per heavy atom. The van der Waals surface area contributed by atoms with Crippen molar-refractivity contribution in [3.05, 3.63) is 53.8 Å². The number of carbonyl (C=O) groups excluding carboxylic acids is 1. The van der Waals surface area contributed by atoms with E-state index in [1.807, 2.05) is 0 Å². The molecular weight excluding hydrogens is 271 g/mol. The molecule has 0 aromatic heterocycles. The van der Waals surface area contributed by atoms with Gasteiger partial charge in [0.15, 0.2) is 0 Å². The van der Waals surface area contributed by atoms with Crippen molar-refractivity contribution in [2.45, 2.75) is 6.92 Å². The fourth-order valence-corrected chi connectivity index (χ4v) is 2.03. The fraction of sp³-hybridized carbons (Fsp3) is 0.188. The number of rotatable bonds is 4. The van der Waals surface area contributed by atoms with Gasteiger partial charge < -0.3 is 15.4 Å². The second kappa shape index (κ2) is 6.26. The quantitative estimate of drug-likeness (QED) is 0.692. The standard InChI is InChI=1S/C16H17FN2O2/c1-3-21-16(20)11-7-8-15(14(18)9-11)19(2)13-6-4-5-12(17)10-13/h4-10H,3,18H2,1-2H3. The van der Waals surface area contributed by atoms with Crippen LogP contribution >= 0.6 is 0 Å². The highest BCUT2D eigenvalue weighted by molar-refractivity contribution is 5.92. The van der Waals surface area contributed by atoms with Gasteiger partial charge in [0.25, 0.3) is 0 Å². The smallest absolute Gasteiger partial charge is 0.338 e. The molecule has 4 nitrogen and oxygen atoms in total. The fourth-order valence-electron chi connectivity index (χ4n) is 2.03. The highest BCUT2D eigenvalue weighted by Gasteiger charge is 2.12. The first kappa shape index (κ1) is 14.8. The van der Waals surface area contributed by atoms with Crippen LogP contribution < -0.4 is 10.6 Å². The number of ether oxygens (including phenoxy) is 1. The molecular formula is C16H17FN2O2. The van der Waals surface area contributed by atoms with Crippen molar-refractivity contribution in [3.63, 3.8) is 0 Å². The highest BCUT2D eigenvalue weighted by Crippen LogP contribution is 2.30. The van der Waals surface area contributed by atoms with Gasteiger partial charge in [0.1, 0.15) is 5.82 Å². The van der Waals surface area contributed by atoms with Gasteiger partial charge in [0, 0.05) is 12.7 Å². The van der Waals surface area contributed by atoms with Crippen LogP contribution in [-0.4, -0.2) is 19.6 Å². The molecule has 0 atom stereocenters. The van der Waals surface area contributed by atoms with Crippen LogP contribution in [0.15, 0.2) is 42.5 Å². The molecule has 0 saturated carbocycles. The number of hydrogen-bond donors (Lipinski definition) is 1. The van der Waals surface area contributed by atoms with Crippen molar-refractivity contribution in [1.82, 2.24) is 0 Å². The van der Waals surface area contributed by atoms with Crippen LogP contribution in [0.4, 0.5) is 21.5 Å². The molecule has 110 valence electrons. The minimum Gasteiger partial charge on any atom is -0.462 e. The molecule has 2 aromatic rings. The number of anilines is 3. The van der Waals surface area contributed by atoms with E-state index in [-0.39, 0.29) is 5.82 Å². The molecule has 0 aliphatic carbocycles. The van der Waals surface area contributed by atoms with Crippen LogP contribution in [0.25, 0.3) is 0 Å². The zero-order valence-electron chi connectivity index (χ0n) is 12.0. The first-order valence-electron chi connectivity index (χ1n) is 6.59. The normalized spacial score (nSPS) is 10.2. The van der Waals surface area contributed by atoms with E-state index >= 15 is 0 Å². The monoisotopic (exact) mass is 288 g/mol. The second-order valence-corrected chi connectivity index (χ2v) is 4.53. The molecule has 2 N–H and O–H groups in total. The van der Waals surface area contributed by atoms with Crippen molar-refractivity contribution in [3.8, 4) is 0 Å². The molecule has 0 saturated heterocycles. The molecule has 0 radical (unpaired) electrons. The number of esters is 1. The summed E-state index contributed by atoms with van der Waals surface area (Å²) in [5.74, 6) is -0.731. The maximum atomic E-state index is 13.3. The van der Waals surface area contributed by atoms with Gasteiger partial charge in [-0.05, 0) is 43.3 Å². The number of halogens is 1. The zero-order valence-corrected chi connectivity index (χ0v) is 12.0. The van der Waals surface area contributed by atoms with Crippen LogP contribution in [0.2, 0.25) is 0 Å². The van der Waals surface area contributed by atoms with Crippen LogP contribution in [0, 0.1) is 5.82 Å². The first-order valence-corrected chi connectivity index (χ1v) is 6.59. The molecule has 0 aliphatic rings. The predicted molar refractivity (Wildman–Crippen MR) is 81.3 cm³/mol. The number of nitrogen functional groups attached to an aromatic ring is 1. The van der Waals surface area contributed by atoms with Gasteiger partial charge in [-0.3, -0.25) is 0 Å². The van der Waals surface area contributed by atoms with Crippen molar-refractivity contribution >= 4 is 23.0 Å². The third-order valence-corrected chi connectivity index (χ3v) is 3.10. The summed E-state index contributed by atoms with van der Waals surface area (Å²) in [6.45, 7) is 2.05. The lowest BCUT2D eigenvalue weighted by Gasteiger charge is -2.21. The minimum atomic E-state index is -0.413. The Kier molecular flexibility index (Phi) is 4.42. The van der Waals surface area contributed by atoms with Crippen LogP contribution in [-0.2, 0) is 4.74 Å². The number of nitrogens with zero attached hydrogens (tertiary/aromatic N) is 1. The largest absolute Gasteiger partial charge is 0.462 e. The molecule has 5 heteroatoms. The molecule has 0 bridgehead atoms. The predicted octanol–water partition coefficient (Wildman–Crippen LogP) is 3.35. The maximum absolute atomic E-state index is 13.3. The van der Waals surface area contributed by atoms with E-state index in [9.17, 15) is 9.18 Å². The number of carbonyl (C=O) groups is 1. The third-order valence-electron chi connectivity index (χ3n) is 3.10. The summed E-state index contributed by atoms with van der Waals surface area (Å²) in [6.07, 6.45) is 0. The summed E-state index contributed by atoms with van der Waals surface area (Å²) in [5.41, 5.74) is 8.17. The average molecular weight is 288 g/mol. The zero-order chi connectivity index (χ0) is 15.4. The Balaban J connectivity index is 2.30. The van der Waals surface area contributed by atoms with Crippen LogP contribution in [0.5, 0.6) is 0 Å². The Hall–Kier alpha value is -2.56. The van der Waals surface area contributed by atoms with Gasteiger partial charge in [-0.2, -0.15) is 0 Å². The van der Waals surface area contributed by atoms with Gasteiger partial charge >= 0.3 is 5.97 Å². The van der Waals surface area contributed by atoms with Crippen molar-refractivity contribution < 1.29 is 13.9 Å². The summed E-state index contributed by atoms with van der Waals surface area (Å²) in [5, 5.41) is 0. The molecule has 2 rings (SSSR count). The third kappa shape index (κ3) is 3.31. The lowest BCUT2D eigenvalue weighted by molar-refractivity contribution is 0.0526. The molecule has 21 heavy (non-hydrogen) atoms. The molecule has 0 unspecified atom stereocenters. The van der Waals surface area contributed by atoms with Crippen molar-refractivity contribution in [1.29, 1.82) is 0 Å². The van der Waals surface area contributed by atoms with E-state index in [4.69, 9.17) is 10.5 Å². The summed E-state index contributed by atoms with van der Waals surface area (Å²) in [6, 6.07) is 11.1. The first-order chi connectivity index (χ1) is 10.0. The minimum absolute atomic E-state index is 0.309. The van der Waals surface area contributed by atoms with Gasteiger partial charge in [0.2, 0.25) is 0 Å². The summed E-state index contributed by atoms with van der Waals surface area (Å²) in [7, 11) is 1.78. The van der Waals surface area contributed by atoms with Gasteiger partial charge in [-0.15, -0.1) is 0 Å². The summed E-state index contributed by atoms with van der Waals surface area (Å²) >= 11 is 0. The lowest BCUT2D eigenvalue weighted by Crippen LogP contribution is -2.13. The summed E-state index contributed by atoms with van der Waals surface area (Å²) in [4.78, 5) is 13.4. The van der Waals surface area contributed by atoms with Crippen LogP contribution in [0.3, 0.4) is 0 Å². The number of hydrogen-bond acceptors (Lipinski definition) is 4. The molecule has 0 heterocycles. The molecule has 0 amide bonds. The molecule has 0 aliphatic heterocycles. The molecule has 2 aromatic carbocycles. The topological polar surface area (TPSA) is 55.6 Å².